The summed E-state index contributed by atoms with van der Waals surface area (Å²) in [7, 11) is 0. The Morgan fingerprint density at radius 1 is 1.16 bits per heavy atom. The molecule has 1 unspecified atom stereocenters. The average molecular weight is 624 g/mol. The van der Waals surface area contributed by atoms with Gasteiger partial charge in [0.1, 0.15) is 18.1 Å². The second kappa shape index (κ2) is 12.8. The van der Waals surface area contributed by atoms with Gasteiger partial charge in [-0.2, -0.15) is 8.78 Å². The summed E-state index contributed by atoms with van der Waals surface area (Å²) < 4.78 is 40.0. The van der Waals surface area contributed by atoms with Crippen molar-refractivity contribution in [2.45, 2.75) is 64.5 Å². The van der Waals surface area contributed by atoms with Crippen molar-refractivity contribution < 1.29 is 33.0 Å². The number of hydrogen-bond donors (Lipinski definition) is 2. The number of rotatable bonds is 12. The third-order valence-electron chi connectivity index (χ3n) is 9.40. The van der Waals surface area contributed by atoms with Crippen LogP contribution in [0.5, 0.6) is 11.6 Å². The number of halogens is 2. The molecule has 4 atom stereocenters. The summed E-state index contributed by atoms with van der Waals surface area (Å²) >= 11 is 0. The van der Waals surface area contributed by atoms with Gasteiger partial charge in [0, 0.05) is 54.7 Å². The highest BCUT2D eigenvalue weighted by Gasteiger charge is 2.42. The number of phenols is 1. The molecule has 2 fully saturated rings. The zero-order valence-corrected chi connectivity index (χ0v) is 25.6. The van der Waals surface area contributed by atoms with Crippen LogP contribution < -0.4 is 4.74 Å². The Hall–Kier alpha value is -3.90. The largest absolute Gasteiger partial charge is 0.507 e. The maximum atomic E-state index is 13.8. The van der Waals surface area contributed by atoms with Crippen LogP contribution in [0.3, 0.4) is 0 Å². The van der Waals surface area contributed by atoms with Crippen molar-refractivity contribution in [1.82, 2.24) is 24.8 Å². The molecule has 45 heavy (non-hydrogen) atoms. The fourth-order valence-electron chi connectivity index (χ4n) is 7.00. The number of nitrogens with zero attached hydrogens (tertiary/aromatic N) is 5. The molecular weight excluding hydrogens is 584 g/mol. The molecular formula is C33H39F2N5O5. The highest BCUT2D eigenvalue weighted by Crippen LogP contribution is 2.41. The third-order valence-corrected chi connectivity index (χ3v) is 9.40. The second-order valence-electron chi connectivity index (χ2n) is 12.6. The van der Waals surface area contributed by atoms with E-state index < -0.39 is 18.6 Å². The number of ether oxygens (including phenoxy) is 1. The van der Waals surface area contributed by atoms with Crippen LogP contribution in [0, 0.1) is 17.8 Å². The van der Waals surface area contributed by atoms with Gasteiger partial charge in [-0.1, -0.05) is 39.3 Å². The number of carbonyl (C=O) groups is 1. The number of aromatic hydroxyl groups is 1. The van der Waals surface area contributed by atoms with Crippen molar-refractivity contribution in [2.75, 3.05) is 26.2 Å². The molecule has 1 saturated carbocycles. The third kappa shape index (κ3) is 6.17. The molecule has 1 aliphatic carbocycles. The number of hydrogen-bond acceptors (Lipinski definition) is 9. The standard InChI is InChI=1S/C33H39F2N5O5/c1-4-19-11-21(41)12-23(19)31(43)30(18(2)3)28-14-29(38-45-28)44-10-9-39-15-20(16-39)25-17-40(33(34)35)32-24(25)13-26(36-37-32)22-7-5-6-8-27(22)42/h5-8,13-14,17-21,23,30,33,41-42H,4,9-12,15-16H2,1-3H3/t19-,21-,23?,30-/m1/s1. The van der Waals surface area contributed by atoms with Gasteiger partial charge < -0.3 is 19.5 Å². The van der Waals surface area contributed by atoms with Crippen LogP contribution in [0.2, 0.25) is 0 Å². The van der Waals surface area contributed by atoms with Crippen molar-refractivity contribution in [1.29, 1.82) is 0 Å². The first-order valence-electron chi connectivity index (χ1n) is 15.6. The van der Waals surface area contributed by atoms with Crippen LogP contribution in [-0.2, 0) is 4.79 Å². The van der Waals surface area contributed by atoms with Crippen LogP contribution >= 0.6 is 0 Å². The predicted octanol–water partition coefficient (Wildman–Crippen LogP) is 5.77. The zero-order valence-electron chi connectivity index (χ0n) is 25.6. The fraction of sp³-hybridized carbons (Fsp3) is 0.515. The van der Waals surface area contributed by atoms with Crippen LogP contribution in [0.4, 0.5) is 8.78 Å². The number of para-hydroxylation sites is 1. The van der Waals surface area contributed by atoms with Gasteiger partial charge in [0.15, 0.2) is 11.4 Å². The van der Waals surface area contributed by atoms with Gasteiger partial charge in [-0.15, -0.1) is 10.2 Å². The molecule has 0 radical (unpaired) electrons. The SMILES string of the molecule is CC[C@@H]1C[C@@H](O)CC1C(=O)[C@@H](c1cc(OCCN2CC(c3cn(C(F)F)c4nnc(-c5ccccc5O)cc34)C2)no1)C(C)C. The first-order valence-corrected chi connectivity index (χ1v) is 15.6. The lowest BCUT2D eigenvalue weighted by molar-refractivity contribution is -0.127. The van der Waals surface area contributed by atoms with E-state index in [2.05, 4.69) is 27.2 Å². The number of aromatic nitrogens is 4. The molecule has 4 heterocycles. The van der Waals surface area contributed by atoms with Crippen LogP contribution in [0.1, 0.15) is 69.7 Å². The Kier molecular flexibility index (Phi) is 8.87. The first-order chi connectivity index (χ1) is 21.6. The molecule has 10 nitrogen and oxygen atoms in total. The van der Waals surface area contributed by atoms with Crippen molar-refractivity contribution >= 4 is 16.8 Å². The van der Waals surface area contributed by atoms with Gasteiger partial charge in [-0.05, 0) is 53.6 Å². The topological polar surface area (TPSA) is 127 Å². The van der Waals surface area contributed by atoms with E-state index in [0.717, 1.165) is 16.6 Å². The number of aliphatic hydroxyl groups excluding tert-OH is 1. The van der Waals surface area contributed by atoms with E-state index in [1.54, 1.807) is 36.4 Å². The quantitative estimate of drug-likeness (QED) is 0.202. The summed E-state index contributed by atoms with van der Waals surface area (Å²) in [6.07, 6.45) is 3.01. The lowest BCUT2D eigenvalue weighted by Gasteiger charge is -2.39. The number of phenolic OH excluding ortho intramolecular Hbond substituents is 1. The molecule has 240 valence electrons. The summed E-state index contributed by atoms with van der Waals surface area (Å²) in [5.41, 5.74) is 1.77. The Labute approximate surface area is 260 Å². The van der Waals surface area contributed by atoms with Gasteiger partial charge in [0.05, 0.1) is 17.7 Å². The first kappa shape index (κ1) is 31.1. The van der Waals surface area contributed by atoms with Gasteiger partial charge in [-0.25, -0.2) is 0 Å². The molecule has 12 heteroatoms. The van der Waals surface area contributed by atoms with Gasteiger partial charge in [-0.3, -0.25) is 14.3 Å². The van der Waals surface area contributed by atoms with E-state index in [1.165, 1.54) is 6.20 Å². The number of likely N-dealkylation sites (tertiary alicyclic amines) is 1. The molecule has 1 saturated heterocycles. The van der Waals surface area contributed by atoms with Gasteiger partial charge in [0.25, 0.3) is 5.88 Å². The summed E-state index contributed by atoms with van der Waals surface area (Å²) in [6.45, 7) is 5.50. The van der Waals surface area contributed by atoms with Gasteiger partial charge in [0.2, 0.25) is 0 Å². The van der Waals surface area contributed by atoms with Crippen LogP contribution in [0.25, 0.3) is 22.3 Å². The van der Waals surface area contributed by atoms with Gasteiger partial charge >= 0.3 is 6.55 Å². The smallest absolute Gasteiger partial charge is 0.320 e. The molecule has 0 spiro atoms. The van der Waals surface area contributed by atoms with E-state index in [-0.39, 0.29) is 40.9 Å². The summed E-state index contributed by atoms with van der Waals surface area (Å²) in [5.74, 6) is 0.476. The van der Waals surface area contributed by atoms with Crippen molar-refractivity contribution in [3.63, 3.8) is 0 Å². The summed E-state index contributed by atoms with van der Waals surface area (Å²) in [4.78, 5) is 15.7. The van der Waals surface area contributed by atoms with Crippen molar-refractivity contribution in [2.24, 2.45) is 17.8 Å². The molecule has 6 rings (SSSR count). The molecule has 0 amide bonds. The van der Waals surface area contributed by atoms with Crippen molar-refractivity contribution in [3.8, 4) is 22.9 Å². The number of carbonyl (C=O) groups excluding carboxylic acids is 1. The fourth-order valence-corrected chi connectivity index (χ4v) is 7.00. The minimum Gasteiger partial charge on any atom is -0.507 e. The zero-order chi connectivity index (χ0) is 31.8. The molecule has 1 aliphatic heterocycles. The number of benzene rings is 1. The molecule has 0 bridgehead atoms. The molecule has 4 aromatic rings. The maximum Gasteiger partial charge on any atom is 0.320 e. The minimum absolute atomic E-state index is 0.00281. The Bertz CT molecular complexity index is 1650. The average Bonchev–Trinajstić information content (AvgIpc) is 3.71. The van der Waals surface area contributed by atoms with Crippen LogP contribution in [-0.4, -0.2) is 73.2 Å². The Morgan fingerprint density at radius 3 is 2.64 bits per heavy atom. The number of ketones is 1. The summed E-state index contributed by atoms with van der Waals surface area (Å²) in [5, 5.41) is 33.3. The lowest BCUT2D eigenvalue weighted by Crippen LogP contribution is -2.46. The lowest BCUT2D eigenvalue weighted by atomic mass is 9.78. The number of Topliss-reactive ketones (excluding diaryl/α,β-unsaturated/α-hetero) is 1. The Balaban J connectivity index is 1.08. The molecule has 1 aromatic carbocycles. The van der Waals surface area contributed by atoms with E-state index in [0.29, 0.717) is 67.4 Å². The number of alkyl halides is 2. The molecule has 2 N–H and O–H groups in total. The maximum absolute atomic E-state index is 13.8. The van der Waals surface area contributed by atoms with E-state index >= 15 is 0 Å². The monoisotopic (exact) mass is 623 g/mol. The number of aliphatic hydroxyl groups is 1. The Morgan fingerprint density at radius 2 is 1.93 bits per heavy atom. The highest BCUT2D eigenvalue weighted by atomic mass is 19.3. The van der Waals surface area contributed by atoms with E-state index in [1.807, 2.05) is 13.8 Å². The molecule has 3 aromatic heterocycles. The predicted molar refractivity (Wildman–Crippen MR) is 162 cm³/mol. The summed E-state index contributed by atoms with van der Waals surface area (Å²) in [6, 6.07) is 10.1. The van der Waals surface area contributed by atoms with Crippen molar-refractivity contribution in [3.05, 3.63) is 53.9 Å². The van der Waals surface area contributed by atoms with E-state index in [4.69, 9.17) is 9.26 Å². The van der Waals surface area contributed by atoms with E-state index in [9.17, 15) is 23.8 Å². The minimum atomic E-state index is -2.76. The van der Waals surface area contributed by atoms with Crippen LogP contribution in [0.15, 0.2) is 47.1 Å². The number of fused-ring (bicyclic) bond motifs is 1. The molecule has 2 aliphatic rings. The normalized spacial score (nSPS) is 21.6. The second-order valence-corrected chi connectivity index (χ2v) is 12.6. The highest BCUT2D eigenvalue weighted by molar-refractivity contribution is 5.88.